The summed E-state index contributed by atoms with van der Waals surface area (Å²) in [6.07, 6.45) is 1.78. The summed E-state index contributed by atoms with van der Waals surface area (Å²) in [5, 5.41) is 0.861. The van der Waals surface area contributed by atoms with Crippen LogP contribution in [0.15, 0.2) is 30.5 Å². The van der Waals surface area contributed by atoms with Gasteiger partial charge in [-0.15, -0.1) is 0 Å². The number of carbonyl (C=O) groups is 1. The first-order valence-corrected chi connectivity index (χ1v) is 4.27. The number of hydrogen-bond acceptors (Lipinski definition) is 3. The van der Waals surface area contributed by atoms with Gasteiger partial charge in [0.1, 0.15) is 5.75 Å². The third kappa shape index (κ3) is 1.44. The van der Waals surface area contributed by atoms with E-state index in [9.17, 15) is 4.79 Å². The number of hydrogen-bond donors (Lipinski definition) is 0. The summed E-state index contributed by atoms with van der Waals surface area (Å²) in [7, 11) is 0. The SMILES string of the molecule is Cc1cnc2cccc(OC=O)c2c1. The van der Waals surface area contributed by atoms with Crippen molar-refractivity contribution in [2.45, 2.75) is 6.92 Å². The molecule has 0 spiro atoms. The molecule has 2 aromatic rings. The van der Waals surface area contributed by atoms with Crippen LogP contribution >= 0.6 is 0 Å². The Bertz CT molecular complexity index is 480. The predicted octanol–water partition coefficient (Wildman–Crippen LogP) is 2.08. The van der Waals surface area contributed by atoms with Gasteiger partial charge in [0.25, 0.3) is 6.47 Å². The topological polar surface area (TPSA) is 39.2 Å². The van der Waals surface area contributed by atoms with Crippen LogP contribution in [0.2, 0.25) is 0 Å². The van der Waals surface area contributed by atoms with E-state index in [0.717, 1.165) is 16.5 Å². The van der Waals surface area contributed by atoms with E-state index in [-0.39, 0.29) is 0 Å². The van der Waals surface area contributed by atoms with Gasteiger partial charge in [0, 0.05) is 11.6 Å². The second-order valence-electron chi connectivity index (χ2n) is 3.05. The number of rotatable bonds is 2. The minimum absolute atomic E-state index is 0.428. The number of pyridine rings is 1. The molecule has 0 amide bonds. The summed E-state index contributed by atoms with van der Waals surface area (Å²) < 4.78 is 4.85. The zero-order valence-corrected chi connectivity index (χ0v) is 7.73. The van der Waals surface area contributed by atoms with Crippen molar-refractivity contribution in [3.63, 3.8) is 0 Å². The summed E-state index contributed by atoms with van der Waals surface area (Å²) in [6.45, 7) is 2.38. The Morgan fingerprint density at radius 1 is 1.43 bits per heavy atom. The zero-order valence-electron chi connectivity index (χ0n) is 7.73. The monoisotopic (exact) mass is 187 g/mol. The number of ether oxygens (including phenoxy) is 1. The van der Waals surface area contributed by atoms with Crippen molar-refractivity contribution in [3.05, 3.63) is 36.0 Å². The number of carbonyl (C=O) groups excluding carboxylic acids is 1. The second kappa shape index (κ2) is 3.46. The molecule has 0 aliphatic heterocycles. The predicted molar refractivity (Wildman–Crippen MR) is 53.2 cm³/mol. The van der Waals surface area contributed by atoms with Crippen molar-refractivity contribution in [1.29, 1.82) is 0 Å². The third-order valence-electron chi connectivity index (χ3n) is 2.00. The minimum Gasteiger partial charge on any atom is -0.428 e. The van der Waals surface area contributed by atoms with Gasteiger partial charge in [-0.05, 0) is 30.7 Å². The number of benzene rings is 1. The zero-order chi connectivity index (χ0) is 9.97. The Morgan fingerprint density at radius 2 is 2.29 bits per heavy atom. The summed E-state index contributed by atoms with van der Waals surface area (Å²) in [5.41, 5.74) is 1.87. The molecule has 70 valence electrons. The summed E-state index contributed by atoms with van der Waals surface area (Å²) in [5.74, 6) is 0.550. The summed E-state index contributed by atoms with van der Waals surface area (Å²) >= 11 is 0. The van der Waals surface area contributed by atoms with Crippen LogP contribution in [0.25, 0.3) is 10.9 Å². The van der Waals surface area contributed by atoms with Crippen LogP contribution in [0.4, 0.5) is 0 Å². The van der Waals surface area contributed by atoms with E-state index in [0.29, 0.717) is 12.2 Å². The molecule has 2 rings (SSSR count). The highest BCUT2D eigenvalue weighted by Crippen LogP contribution is 2.24. The molecule has 0 aliphatic rings. The average molecular weight is 187 g/mol. The Balaban J connectivity index is 2.70. The highest BCUT2D eigenvalue weighted by atomic mass is 16.5. The molecule has 0 unspecified atom stereocenters. The van der Waals surface area contributed by atoms with E-state index >= 15 is 0 Å². The van der Waals surface area contributed by atoms with Gasteiger partial charge in [-0.25, -0.2) is 0 Å². The molecule has 0 aliphatic carbocycles. The van der Waals surface area contributed by atoms with Crippen molar-refractivity contribution in [2.24, 2.45) is 0 Å². The molecule has 1 aromatic heterocycles. The largest absolute Gasteiger partial charge is 0.428 e. The first-order chi connectivity index (χ1) is 6.81. The van der Waals surface area contributed by atoms with E-state index in [1.165, 1.54) is 0 Å². The second-order valence-corrected chi connectivity index (χ2v) is 3.05. The van der Waals surface area contributed by atoms with Gasteiger partial charge in [0.15, 0.2) is 0 Å². The molecule has 1 aromatic carbocycles. The van der Waals surface area contributed by atoms with Crippen LogP contribution in [-0.2, 0) is 4.79 Å². The molecule has 0 atom stereocenters. The van der Waals surface area contributed by atoms with Crippen molar-refractivity contribution in [3.8, 4) is 5.75 Å². The maximum Gasteiger partial charge on any atom is 0.298 e. The third-order valence-corrected chi connectivity index (χ3v) is 2.00. The highest BCUT2D eigenvalue weighted by molar-refractivity contribution is 5.86. The van der Waals surface area contributed by atoms with Gasteiger partial charge < -0.3 is 4.74 Å². The van der Waals surface area contributed by atoms with Crippen molar-refractivity contribution >= 4 is 17.4 Å². The van der Waals surface area contributed by atoms with Gasteiger partial charge in [-0.2, -0.15) is 0 Å². The van der Waals surface area contributed by atoms with Gasteiger partial charge in [0.2, 0.25) is 0 Å². The molecule has 0 fully saturated rings. The van der Waals surface area contributed by atoms with Crippen LogP contribution < -0.4 is 4.74 Å². The Hall–Kier alpha value is -1.90. The first-order valence-electron chi connectivity index (χ1n) is 4.27. The normalized spacial score (nSPS) is 10.1. The quantitative estimate of drug-likeness (QED) is 0.675. The van der Waals surface area contributed by atoms with E-state index in [4.69, 9.17) is 4.74 Å². The molecule has 0 bridgehead atoms. The van der Waals surface area contributed by atoms with Crippen LogP contribution in [-0.4, -0.2) is 11.5 Å². The van der Waals surface area contributed by atoms with Crippen LogP contribution in [0, 0.1) is 6.92 Å². The number of fused-ring (bicyclic) bond motifs is 1. The maximum absolute atomic E-state index is 10.3. The average Bonchev–Trinajstić information content (AvgIpc) is 2.19. The van der Waals surface area contributed by atoms with Crippen molar-refractivity contribution in [1.82, 2.24) is 4.98 Å². The Kier molecular flexibility index (Phi) is 2.14. The molecule has 14 heavy (non-hydrogen) atoms. The lowest BCUT2D eigenvalue weighted by Crippen LogP contribution is -1.90. The van der Waals surface area contributed by atoms with E-state index in [1.807, 2.05) is 25.1 Å². The molecule has 0 radical (unpaired) electrons. The lowest BCUT2D eigenvalue weighted by Gasteiger charge is -2.03. The van der Waals surface area contributed by atoms with E-state index in [2.05, 4.69) is 4.98 Å². The first kappa shape index (κ1) is 8.69. The number of nitrogens with zero attached hydrogens (tertiary/aromatic N) is 1. The fraction of sp³-hybridized carbons (Fsp3) is 0.0909. The van der Waals surface area contributed by atoms with E-state index in [1.54, 1.807) is 12.3 Å². The fourth-order valence-corrected chi connectivity index (χ4v) is 1.38. The molecule has 0 N–H and O–H groups in total. The van der Waals surface area contributed by atoms with E-state index < -0.39 is 0 Å². The van der Waals surface area contributed by atoms with Crippen LogP contribution in [0.5, 0.6) is 5.75 Å². The number of aryl methyl sites for hydroxylation is 1. The van der Waals surface area contributed by atoms with Crippen LogP contribution in [0.3, 0.4) is 0 Å². The Morgan fingerprint density at radius 3 is 3.07 bits per heavy atom. The van der Waals surface area contributed by atoms with Crippen molar-refractivity contribution < 1.29 is 9.53 Å². The number of aromatic nitrogens is 1. The van der Waals surface area contributed by atoms with Crippen molar-refractivity contribution in [2.75, 3.05) is 0 Å². The summed E-state index contributed by atoms with van der Waals surface area (Å²) in [6, 6.07) is 7.38. The smallest absolute Gasteiger partial charge is 0.298 e. The maximum atomic E-state index is 10.3. The molecule has 3 nitrogen and oxygen atoms in total. The summed E-state index contributed by atoms with van der Waals surface area (Å²) in [4.78, 5) is 14.5. The van der Waals surface area contributed by atoms with Gasteiger partial charge >= 0.3 is 0 Å². The Labute approximate surface area is 81.3 Å². The highest BCUT2D eigenvalue weighted by Gasteiger charge is 2.02. The lowest BCUT2D eigenvalue weighted by molar-refractivity contribution is -0.120. The van der Waals surface area contributed by atoms with Gasteiger partial charge in [0.05, 0.1) is 5.52 Å². The molecule has 3 heteroatoms. The van der Waals surface area contributed by atoms with Gasteiger partial charge in [-0.3, -0.25) is 9.78 Å². The van der Waals surface area contributed by atoms with Gasteiger partial charge in [-0.1, -0.05) is 6.07 Å². The molecule has 1 heterocycles. The fourth-order valence-electron chi connectivity index (χ4n) is 1.38. The van der Waals surface area contributed by atoms with Crippen LogP contribution in [0.1, 0.15) is 5.56 Å². The standard InChI is InChI=1S/C11H9NO2/c1-8-5-9-10(12-6-8)3-2-4-11(9)14-7-13/h2-7H,1H3. The molecular formula is C11H9NO2. The molecular weight excluding hydrogens is 178 g/mol. The minimum atomic E-state index is 0.428. The lowest BCUT2D eigenvalue weighted by atomic mass is 10.1. The molecule has 0 saturated carbocycles. The molecule has 0 saturated heterocycles.